The monoisotopic (exact) mass is 590 g/mol. The fourth-order valence-electron chi connectivity index (χ4n) is 5.34. The first-order valence-electron chi connectivity index (χ1n) is 15.1. The van der Waals surface area contributed by atoms with Gasteiger partial charge in [0.15, 0.2) is 0 Å². The van der Waals surface area contributed by atoms with E-state index in [-0.39, 0.29) is 12.2 Å². The van der Waals surface area contributed by atoms with E-state index in [1.54, 1.807) is 4.68 Å². The van der Waals surface area contributed by atoms with E-state index in [4.69, 9.17) is 23.7 Å². The van der Waals surface area contributed by atoms with Crippen LogP contribution in [0.1, 0.15) is 28.8 Å². The topological polar surface area (TPSA) is 64.0 Å². The number of aryl methyl sites for hydroxylation is 1. The van der Waals surface area contributed by atoms with Gasteiger partial charge in [0, 0.05) is 12.5 Å². The molecule has 226 valence electrons. The van der Waals surface area contributed by atoms with E-state index in [1.807, 2.05) is 97.9 Å². The van der Waals surface area contributed by atoms with Gasteiger partial charge in [0.25, 0.3) is 0 Å². The lowest BCUT2D eigenvalue weighted by molar-refractivity contribution is -0.258. The van der Waals surface area contributed by atoms with Crippen molar-refractivity contribution >= 4 is 0 Å². The predicted octanol–water partition coefficient (Wildman–Crippen LogP) is 7.06. The smallest absolute Gasteiger partial charge is 0.219 e. The molecule has 0 aliphatic carbocycles. The number of ether oxygens (including phenoxy) is 5. The molecule has 7 heteroatoms. The Bertz CT molecular complexity index is 1550. The number of nitrogens with zero attached hydrogens (tertiary/aromatic N) is 2. The molecule has 1 saturated heterocycles. The molecule has 6 rings (SSSR count). The number of hydrogen-bond donors (Lipinski definition) is 0. The lowest BCUT2D eigenvalue weighted by Crippen LogP contribution is -2.53. The van der Waals surface area contributed by atoms with Gasteiger partial charge in [-0.15, -0.1) is 0 Å². The summed E-state index contributed by atoms with van der Waals surface area (Å²) >= 11 is 0. The zero-order valence-corrected chi connectivity index (χ0v) is 24.9. The van der Waals surface area contributed by atoms with Crippen molar-refractivity contribution in [1.29, 1.82) is 0 Å². The summed E-state index contributed by atoms with van der Waals surface area (Å²) in [6, 6.07) is 42.3. The minimum absolute atomic E-state index is 0.308. The van der Waals surface area contributed by atoms with Crippen molar-refractivity contribution < 1.29 is 23.7 Å². The van der Waals surface area contributed by atoms with Crippen LogP contribution in [0.2, 0.25) is 0 Å². The zero-order valence-electron chi connectivity index (χ0n) is 24.9. The summed E-state index contributed by atoms with van der Waals surface area (Å²) < 4.78 is 34.3. The second-order valence-corrected chi connectivity index (χ2v) is 10.9. The Morgan fingerprint density at radius 3 is 1.86 bits per heavy atom. The van der Waals surface area contributed by atoms with E-state index in [1.165, 1.54) is 0 Å². The number of para-hydroxylation sites is 1. The minimum Gasteiger partial charge on any atom is -0.448 e. The maximum atomic E-state index is 6.62. The van der Waals surface area contributed by atoms with Gasteiger partial charge in [-0.25, -0.2) is 4.68 Å². The summed E-state index contributed by atoms with van der Waals surface area (Å²) in [6.45, 7) is 3.61. The quantitative estimate of drug-likeness (QED) is 0.146. The van der Waals surface area contributed by atoms with E-state index >= 15 is 0 Å². The summed E-state index contributed by atoms with van der Waals surface area (Å²) in [4.78, 5) is 0. The highest BCUT2D eigenvalue weighted by Crippen LogP contribution is 2.30. The van der Waals surface area contributed by atoms with Crippen LogP contribution >= 0.6 is 0 Å². The van der Waals surface area contributed by atoms with Gasteiger partial charge >= 0.3 is 0 Å². The molecule has 2 heterocycles. The van der Waals surface area contributed by atoms with Gasteiger partial charge in [0.2, 0.25) is 12.2 Å². The second-order valence-electron chi connectivity index (χ2n) is 10.9. The van der Waals surface area contributed by atoms with Gasteiger partial charge in [0.05, 0.1) is 43.9 Å². The largest absolute Gasteiger partial charge is 0.448 e. The molecular formula is C37H38N2O5. The predicted molar refractivity (Wildman–Crippen MR) is 168 cm³/mol. The van der Waals surface area contributed by atoms with E-state index in [2.05, 4.69) is 41.5 Å². The molecule has 7 nitrogen and oxygen atoms in total. The normalized spacial score (nSPS) is 19.9. The van der Waals surface area contributed by atoms with E-state index < -0.39 is 12.4 Å². The Morgan fingerprint density at radius 1 is 0.705 bits per heavy atom. The van der Waals surface area contributed by atoms with Crippen LogP contribution < -0.4 is 4.74 Å². The highest BCUT2D eigenvalue weighted by Gasteiger charge is 2.42. The van der Waals surface area contributed by atoms with Crippen LogP contribution in [0.4, 0.5) is 0 Å². The van der Waals surface area contributed by atoms with Gasteiger partial charge in [0.1, 0.15) is 12.2 Å². The SMILES string of the molecule is Cc1cc(OC2CC(OCc3ccccc3)[C@H](OCc3ccccc3)C(COCc3ccccc3)O2)n(-c2ccccc2)n1. The van der Waals surface area contributed by atoms with Crippen LogP contribution in [0, 0.1) is 6.92 Å². The molecule has 1 aliphatic rings. The third-order valence-electron chi connectivity index (χ3n) is 7.52. The lowest BCUT2D eigenvalue weighted by Gasteiger charge is -2.41. The van der Waals surface area contributed by atoms with Gasteiger partial charge in [-0.05, 0) is 35.7 Å². The summed E-state index contributed by atoms with van der Waals surface area (Å²) in [7, 11) is 0. The Balaban J connectivity index is 1.24. The van der Waals surface area contributed by atoms with Crippen molar-refractivity contribution in [2.45, 2.75) is 57.8 Å². The standard InChI is InChI=1S/C37H38N2O5/c1-28-22-35(39(38-28)32-20-12-5-13-21-32)44-36-23-33(41-25-30-16-8-3-9-17-30)37(42-26-31-18-10-4-11-19-31)34(43-36)27-40-24-29-14-6-2-7-15-29/h2-22,33-34,36-37H,23-27H2,1H3/t33?,34?,36?,37-/m0/s1. The maximum absolute atomic E-state index is 6.62. The van der Waals surface area contributed by atoms with E-state index in [9.17, 15) is 0 Å². The molecule has 1 aliphatic heterocycles. The van der Waals surface area contributed by atoms with Gasteiger partial charge in [-0.2, -0.15) is 5.10 Å². The Kier molecular flexibility index (Phi) is 10.1. The maximum Gasteiger partial charge on any atom is 0.219 e. The van der Waals surface area contributed by atoms with Crippen molar-refractivity contribution in [2.24, 2.45) is 0 Å². The lowest BCUT2D eigenvalue weighted by atomic mass is 10.0. The molecule has 0 spiro atoms. The van der Waals surface area contributed by atoms with Crippen LogP contribution in [0.25, 0.3) is 5.69 Å². The molecule has 0 saturated carbocycles. The number of benzene rings is 4. The molecule has 1 aromatic heterocycles. The molecule has 0 bridgehead atoms. The summed E-state index contributed by atoms with van der Waals surface area (Å²) in [5.41, 5.74) is 5.03. The Morgan fingerprint density at radius 2 is 1.25 bits per heavy atom. The van der Waals surface area contributed by atoms with Crippen LogP contribution in [0.5, 0.6) is 5.88 Å². The number of hydrogen-bond acceptors (Lipinski definition) is 6. The molecular weight excluding hydrogens is 552 g/mol. The molecule has 5 aromatic rings. The third kappa shape index (κ3) is 8.01. The average molecular weight is 591 g/mol. The van der Waals surface area contributed by atoms with Crippen LogP contribution in [-0.2, 0) is 38.8 Å². The van der Waals surface area contributed by atoms with Gasteiger partial charge in [-0.1, -0.05) is 109 Å². The molecule has 4 atom stereocenters. The van der Waals surface area contributed by atoms with Crippen molar-refractivity contribution in [3.63, 3.8) is 0 Å². The first-order chi connectivity index (χ1) is 21.7. The van der Waals surface area contributed by atoms with E-state index in [0.29, 0.717) is 38.7 Å². The highest BCUT2D eigenvalue weighted by molar-refractivity contribution is 5.35. The van der Waals surface area contributed by atoms with Crippen LogP contribution in [0.15, 0.2) is 127 Å². The molecule has 0 amide bonds. The second kappa shape index (κ2) is 14.9. The van der Waals surface area contributed by atoms with Crippen molar-refractivity contribution in [3.8, 4) is 11.6 Å². The fourth-order valence-corrected chi connectivity index (χ4v) is 5.34. The third-order valence-corrected chi connectivity index (χ3v) is 7.52. The van der Waals surface area contributed by atoms with Crippen LogP contribution in [0.3, 0.4) is 0 Å². The fraction of sp³-hybridized carbons (Fsp3) is 0.270. The Labute approximate surface area is 258 Å². The summed E-state index contributed by atoms with van der Waals surface area (Å²) in [6.07, 6.45) is -1.25. The molecule has 44 heavy (non-hydrogen) atoms. The van der Waals surface area contributed by atoms with E-state index in [0.717, 1.165) is 28.1 Å². The molecule has 4 aromatic carbocycles. The first kappa shape index (κ1) is 29.8. The molecule has 0 radical (unpaired) electrons. The van der Waals surface area contributed by atoms with Crippen molar-refractivity contribution in [3.05, 3.63) is 150 Å². The average Bonchev–Trinajstić information content (AvgIpc) is 3.44. The van der Waals surface area contributed by atoms with Gasteiger partial charge < -0.3 is 23.7 Å². The number of aromatic nitrogens is 2. The number of rotatable bonds is 13. The summed E-state index contributed by atoms with van der Waals surface area (Å²) in [5, 5.41) is 4.68. The first-order valence-corrected chi connectivity index (χ1v) is 15.1. The van der Waals surface area contributed by atoms with Crippen molar-refractivity contribution in [2.75, 3.05) is 6.61 Å². The minimum atomic E-state index is -0.601. The molecule has 3 unspecified atom stereocenters. The zero-order chi connectivity index (χ0) is 30.0. The summed E-state index contributed by atoms with van der Waals surface area (Å²) in [5.74, 6) is 0.605. The Hall–Kier alpha value is -4.27. The van der Waals surface area contributed by atoms with Gasteiger partial charge in [-0.3, -0.25) is 0 Å². The van der Waals surface area contributed by atoms with Crippen molar-refractivity contribution in [1.82, 2.24) is 9.78 Å². The van der Waals surface area contributed by atoms with Crippen LogP contribution in [-0.4, -0.2) is 41.0 Å². The molecule has 0 N–H and O–H groups in total. The molecule has 1 fully saturated rings. The highest BCUT2D eigenvalue weighted by atomic mass is 16.7.